The standard InChI is InChI=1S/C18H17ClN2O3/c19-12-5-7-13(8-6-12)20-14(22)9-21-17(23)15-10-1-2-11(4-3-10)16(15)18(21)24/h1-2,5-8,10-11,15-16H,3-4,9H2,(H,20,22)/t10-,11-,15-,16-/m0/s1. The minimum Gasteiger partial charge on any atom is -0.325 e. The molecule has 1 aromatic rings. The minimum atomic E-state index is -0.377. The summed E-state index contributed by atoms with van der Waals surface area (Å²) in [6, 6.07) is 6.69. The highest BCUT2D eigenvalue weighted by Gasteiger charge is 2.56. The SMILES string of the molecule is O=C(CN1C(=O)[C@@H]2[C@@H](C1=O)[C@H]1C=C[C@H]2CC1)Nc1ccc(Cl)cc1. The van der Waals surface area contributed by atoms with E-state index >= 15 is 0 Å². The number of anilines is 1. The topological polar surface area (TPSA) is 66.5 Å². The van der Waals surface area contributed by atoms with E-state index in [-0.39, 0.29) is 47.9 Å². The summed E-state index contributed by atoms with van der Waals surface area (Å²) < 4.78 is 0. The summed E-state index contributed by atoms with van der Waals surface area (Å²) in [5.41, 5.74) is 0.586. The zero-order valence-corrected chi connectivity index (χ0v) is 13.7. The lowest BCUT2D eigenvalue weighted by Gasteiger charge is -2.38. The minimum absolute atomic E-state index is 0.140. The monoisotopic (exact) mass is 344 g/mol. The van der Waals surface area contributed by atoms with Gasteiger partial charge in [-0.25, -0.2) is 0 Å². The van der Waals surface area contributed by atoms with Gasteiger partial charge in [0.2, 0.25) is 17.7 Å². The third-order valence-electron chi connectivity index (χ3n) is 5.28. The van der Waals surface area contributed by atoms with Crippen LogP contribution in [0, 0.1) is 23.7 Å². The number of benzene rings is 1. The largest absolute Gasteiger partial charge is 0.325 e. The van der Waals surface area contributed by atoms with Crippen molar-refractivity contribution in [1.29, 1.82) is 0 Å². The Balaban J connectivity index is 1.47. The summed E-state index contributed by atoms with van der Waals surface area (Å²) in [5, 5.41) is 3.27. The first-order valence-corrected chi connectivity index (χ1v) is 8.51. The lowest BCUT2D eigenvalue weighted by Crippen LogP contribution is -2.38. The Morgan fingerprint density at radius 3 is 2.08 bits per heavy atom. The van der Waals surface area contributed by atoms with E-state index in [1.807, 2.05) is 0 Å². The molecule has 124 valence electrons. The van der Waals surface area contributed by atoms with Crippen LogP contribution < -0.4 is 5.32 Å². The van der Waals surface area contributed by atoms with Gasteiger partial charge in [0.15, 0.2) is 0 Å². The van der Waals surface area contributed by atoms with E-state index in [0.29, 0.717) is 10.7 Å². The van der Waals surface area contributed by atoms with Gasteiger partial charge >= 0.3 is 0 Å². The van der Waals surface area contributed by atoms with E-state index in [4.69, 9.17) is 11.6 Å². The van der Waals surface area contributed by atoms with Gasteiger partial charge in [0.05, 0.1) is 11.8 Å². The van der Waals surface area contributed by atoms with E-state index in [9.17, 15) is 14.4 Å². The number of rotatable bonds is 3. The average Bonchev–Trinajstić information content (AvgIpc) is 2.85. The molecule has 0 spiro atoms. The fraction of sp³-hybridized carbons (Fsp3) is 0.389. The van der Waals surface area contributed by atoms with Crippen molar-refractivity contribution < 1.29 is 14.4 Å². The predicted molar refractivity (Wildman–Crippen MR) is 89.1 cm³/mol. The second-order valence-corrected chi connectivity index (χ2v) is 7.10. The summed E-state index contributed by atoms with van der Waals surface area (Å²) in [6.07, 6.45) is 6.04. The molecule has 0 aromatic heterocycles. The molecule has 24 heavy (non-hydrogen) atoms. The lowest BCUT2D eigenvalue weighted by molar-refractivity contribution is -0.142. The number of imide groups is 1. The third-order valence-corrected chi connectivity index (χ3v) is 5.53. The normalized spacial score (nSPS) is 30.6. The van der Waals surface area contributed by atoms with Crippen molar-refractivity contribution >= 4 is 35.0 Å². The van der Waals surface area contributed by atoms with Gasteiger partial charge in [-0.2, -0.15) is 0 Å². The molecular formula is C18H17ClN2O3. The fourth-order valence-corrected chi connectivity index (χ4v) is 4.30. The number of carbonyl (C=O) groups is 3. The highest BCUT2D eigenvalue weighted by molar-refractivity contribution is 6.30. The molecule has 5 nitrogen and oxygen atoms in total. The molecule has 1 heterocycles. The average molecular weight is 345 g/mol. The summed E-state index contributed by atoms with van der Waals surface area (Å²) in [4.78, 5) is 38.7. The molecule has 3 amide bonds. The second-order valence-electron chi connectivity index (χ2n) is 6.66. The molecule has 1 aliphatic heterocycles. The number of likely N-dealkylation sites (tertiary alicyclic amines) is 1. The van der Waals surface area contributed by atoms with Crippen molar-refractivity contribution in [1.82, 2.24) is 4.90 Å². The Hall–Kier alpha value is -2.14. The Morgan fingerprint density at radius 2 is 1.58 bits per heavy atom. The van der Waals surface area contributed by atoms with E-state index < -0.39 is 0 Å². The molecule has 3 aliphatic carbocycles. The van der Waals surface area contributed by atoms with E-state index in [0.717, 1.165) is 17.7 Å². The molecule has 0 radical (unpaired) electrons. The van der Waals surface area contributed by atoms with Crippen LogP contribution in [-0.4, -0.2) is 29.2 Å². The van der Waals surface area contributed by atoms with Crippen LogP contribution in [0.4, 0.5) is 5.69 Å². The van der Waals surface area contributed by atoms with Crippen LogP contribution >= 0.6 is 11.6 Å². The van der Waals surface area contributed by atoms with Crippen LogP contribution in [0.1, 0.15) is 12.8 Å². The van der Waals surface area contributed by atoms with Crippen molar-refractivity contribution in [3.63, 3.8) is 0 Å². The van der Waals surface area contributed by atoms with Crippen LogP contribution in [0.25, 0.3) is 0 Å². The fourth-order valence-electron chi connectivity index (χ4n) is 4.17. The molecule has 4 atom stereocenters. The van der Waals surface area contributed by atoms with Gasteiger partial charge in [-0.3, -0.25) is 19.3 Å². The number of halogens is 1. The number of hydrogen-bond donors (Lipinski definition) is 1. The van der Waals surface area contributed by atoms with Crippen LogP contribution in [0.3, 0.4) is 0 Å². The highest BCUT2D eigenvalue weighted by atomic mass is 35.5. The predicted octanol–water partition coefficient (Wildman–Crippen LogP) is 2.48. The summed E-state index contributed by atoms with van der Waals surface area (Å²) in [5.74, 6) is -1.04. The maximum Gasteiger partial charge on any atom is 0.244 e. The summed E-state index contributed by atoms with van der Waals surface area (Å²) >= 11 is 5.81. The van der Waals surface area contributed by atoms with Gasteiger partial charge in [-0.1, -0.05) is 23.8 Å². The van der Waals surface area contributed by atoms with Crippen LogP contribution in [-0.2, 0) is 14.4 Å². The maximum atomic E-state index is 12.6. The van der Waals surface area contributed by atoms with E-state index in [1.54, 1.807) is 24.3 Å². The first-order valence-electron chi connectivity index (χ1n) is 8.13. The number of amides is 3. The van der Waals surface area contributed by atoms with Gasteiger partial charge < -0.3 is 5.32 Å². The van der Waals surface area contributed by atoms with Crippen molar-refractivity contribution in [3.8, 4) is 0 Å². The van der Waals surface area contributed by atoms with Crippen molar-refractivity contribution in [3.05, 3.63) is 41.4 Å². The molecule has 0 unspecified atom stereocenters. The zero-order chi connectivity index (χ0) is 16.8. The highest BCUT2D eigenvalue weighted by Crippen LogP contribution is 2.49. The van der Waals surface area contributed by atoms with Crippen LogP contribution in [0.2, 0.25) is 5.02 Å². The van der Waals surface area contributed by atoms with Gasteiger partial charge in [0.25, 0.3) is 0 Å². The van der Waals surface area contributed by atoms with Crippen molar-refractivity contribution in [2.45, 2.75) is 12.8 Å². The number of fused-ring (bicyclic) bond motifs is 1. The Bertz CT molecular complexity index is 711. The quantitative estimate of drug-likeness (QED) is 0.676. The molecule has 4 aliphatic rings. The second kappa shape index (κ2) is 5.74. The van der Waals surface area contributed by atoms with Gasteiger partial charge in [0, 0.05) is 10.7 Å². The first kappa shape index (κ1) is 15.4. The van der Waals surface area contributed by atoms with Crippen molar-refractivity contribution in [2.75, 3.05) is 11.9 Å². The van der Waals surface area contributed by atoms with E-state index in [1.165, 1.54) is 0 Å². The number of carbonyl (C=O) groups excluding carboxylic acids is 3. The van der Waals surface area contributed by atoms with Crippen LogP contribution in [0.5, 0.6) is 0 Å². The molecule has 1 saturated heterocycles. The number of hydrogen-bond acceptors (Lipinski definition) is 3. The maximum absolute atomic E-state index is 12.6. The number of nitrogens with zero attached hydrogens (tertiary/aromatic N) is 1. The third kappa shape index (κ3) is 2.44. The zero-order valence-electron chi connectivity index (χ0n) is 12.9. The van der Waals surface area contributed by atoms with Gasteiger partial charge in [0.1, 0.15) is 6.54 Å². The molecule has 2 fully saturated rings. The van der Waals surface area contributed by atoms with E-state index in [2.05, 4.69) is 17.5 Å². The molecular weight excluding hydrogens is 328 g/mol. The van der Waals surface area contributed by atoms with Gasteiger partial charge in [-0.15, -0.1) is 0 Å². The molecule has 6 heteroatoms. The van der Waals surface area contributed by atoms with Gasteiger partial charge in [-0.05, 0) is 48.9 Å². The van der Waals surface area contributed by atoms with Crippen LogP contribution in [0.15, 0.2) is 36.4 Å². The Labute approximate surface area is 144 Å². The Morgan fingerprint density at radius 1 is 1.04 bits per heavy atom. The molecule has 1 aromatic carbocycles. The first-order chi connectivity index (χ1) is 11.5. The number of nitrogens with one attached hydrogen (secondary N) is 1. The summed E-state index contributed by atoms with van der Waals surface area (Å²) in [6.45, 7) is -0.229. The molecule has 1 saturated carbocycles. The smallest absolute Gasteiger partial charge is 0.244 e. The lowest BCUT2D eigenvalue weighted by atomic mass is 9.63. The molecule has 1 N–H and O–H groups in total. The molecule has 2 bridgehead atoms. The molecule has 5 rings (SSSR count). The van der Waals surface area contributed by atoms with Crippen molar-refractivity contribution in [2.24, 2.45) is 23.7 Å². The Kier molecular flexibility index (Phi) is 3.68. The number of allylic oxidation sites excluding steroid dienone is 2. The summed E-state index contributed by atoms with van der Waals surface area (Å²) in [7, 11) is 0.